The topological polar surface area (TPSA) is 47.2 Å². The third kappa shape index (κ3) is 3.19. The van der Waals surface area contributed by atoms with E-state index in [-0.39, 0.29) is 12.2 Å². The quantitative estimate of drug-likeness (QED) is 0.680. The first kappa shape index (κ1) is 16.3. The fourth-order valence-corrected chi connectivity index (χ4v) is 3.03. The Labute approximate surface area is 141 Å². The monoisotopic (exact) mass is 322 g/mol. The summed E-state index contributed by atoms with van der Waals surface area (Å²) in [5, 5.41) is 9.72. The fourth-order valence-electron chi connectivity index (χ4n) is 3.03. The Morgan fingerprint density at radius 1 is 1.04 bits per heavy atom. The lowest BCUT2D eigenvalue weighted by atomic mass is 10.1. The lowest BCUT2D eigenvalue weighted by molar-refractivity contribution is 0.288. The highest BCUT2D eigenvalue weighted by Crippen LogP contribution is 2.17. The average molecular weight is 322 g/mol. The Hall–Kier alpha value is -2.59. The minimum absolute atomic E-state index is 0.00618. The Kier molecular flexibility index (Phi) is 4.96. The predicted octanol–water partition coefficient (Wildman–Crippen LogP) is 2.96. The van der Waals surface area contributed by atoms with E-state index in [0.717, 1.165) is 28.5 Å². The highest BCUT2D eigenvalue weighted by molar-refractivity contribution is 5.79. The van der Waals surface area contributed by atoms with E-state index in [4.69, 9.17) is 5.11 Å². The molecule has 0 aliphatic rings. The standard InChI is InChI=1S/C20H22N2O2/c1-2-12-21-20(24)18-14-16(9-6-13-23)10-11-19(18)22(21)15-17-7-4-3-5-8-17/h2-5,7-8,10-11,14,23H,1,6,9,12-13,15H2. The van der Waals surface area contributed by atoms with Gasteiger partial charge in [0.25, 0.3) is 5.56 Å². The molecule has 4 heteroatoms. The van der Waals surface area contributed by atoms with Gasteiger partial charge in [-0.2, -0.15) is 0 Å². The zero-order chi connectivity index (χ0) is 16.9. The summed E-state index contributed by atoms with van der Waals surface area (Å²) in [6, 6.07) is 16.1. The summed E-state index contributed by atoms with van der Waals surface area (Å²) in [5.41, 5.74) is 3.16. The van der Waals surface area contributed by atoms with Crippen LogP contribution < -0.4 is 5.56 Å². The summed E-state index contributed by atoms with van der Waals surface area (Å²) in [6.07, 6.45) is 3.22. The molecule has 3 aromatic rings. The Morgan fingerprint density at radius 3 is 2.54 bits per heavy atom. The van der Waals surface area contributed by atoms with Gasteiger partial charge in [-0.1, -0.05) is 42.5 Å². The molecule has 1 aromatic heterocycles. The summed E-state index contributed by atoms with van der Waals surface area (Å²) in [4.78, 5) is 12.8. The van der Waals surface area contributed by atoms with Crippen molar-refractivity contribution in [3.05, 3.63) is 82.7 Å². The molecule has 1 heterocycles. The molecule has 0 unspecified atom stereocenters. The lowest BCUT2D eigenvalue weighted by Gasteiger charge is -2.11. The summed E-state index contributed by atoms with van der Waals surface area (Å²) >= 11 is 0. The van der Waals surface area contributed by atoms with Gasteiger partial charge >= 0.3 is 0 Å². The number of fused-ring (bicyclic) bond motifs is 1. The maximum Gasteiger partial charge on any atom is 0.274 e. The molecule has 0 aliphatic heterocycles. The van der Waals surface area contributed by atoms with Crippen molar-refractivity contribution in [3.8, 4) is 0 Å². The predicted molar refractivity (Wildman–Crippen MR) is 97.3 cm³/mol. The molecule has 3 rings (SSSR count). The summed E-state index contributed by atoms with van der Waals surface area (Å²) < 4.78 is 3.75. The Balaban J connectivity index is 2.10. The molecule has 2 aromatic carbocycles. The maximum absolute atomic E-state index is 12.8. The summed E-state index contributed by atoms with van der Waals surface area (Å²) in [6.45, 7) is 5.05. The van der Waals surface area contributed by atoms with Crippen molar-refractivity contribution >= 4 is 10.9 Å². The van der Waals surface area contributed by atoms with Crippen LogP contribution in [0.1, 0.15) is 17.5 Å². The zero-order valence-corrected chi connectivity index (χ0v) is 13.7. The number of hydrogen-bond donors (Lipinski definition) is 1. The highest BCUT2D eigenvalue weighted by Gasteiger charge is 2.13. The van der Waals surface area contributed by atoms with E-state index in [2.05, 4.69) is 18.7 Å². The molecule has 0 aliphatic carbocycles. The Bertz CT molecular complexity index is 891. The molecule has 0 spiro atoms. The van der Waals surface area contributed by atoms with Crippen LogP contribution in [0.15, 0.2) is 66.0 Å². The molecule has 0 fully saturated rings. The third-order valence-electron chi connectivity index (χ3n) is 4.20. The van der Waals surface area contributed by atoms with Gasteiger partial charge in [-0.15, -0.1) is 6.58 Å². The SMILES string of the molecule is C=CCn1c(=O)c2cc(CCCO)ccc2n1Cc1ccccc1. The average Bonchev–Trinajstić information content (AvgIpc) is 2.87. The van der Waals surface area contributed by atoms with Gasteiger partial charge in [0.05, 0.1) is 24.0 Å². The van der Waals surface area contributed by atoms with Crippen molar-refractivity contribution in [1.82, 2.24) is 9.36 Å². The zero-order valence-electron chi connectivity index (χ0n) is 13.7. The molecule has 0 amide bonds. The van der Waals surface area contributed by atoms with Crippen molar-refractivity contribution < 1.29 is 5.11 Å². The van der Waals surface area contributed by atoms with Crippen LogP contribution >= 0.6 is 0 Å². The number of nitrogens with zero attached hydrogens (tertiary/aromatic N) is 2. The molecule has 0 radical (unpaired) electrons. The van der Waals surface area contributed by atoms with Gasteiger partial charge in [-0.05, 0) is 36.1 Å². The second-order valence-corrected chi connectivity index (χ2v) is 5.90. The second-order valence-electron chi connectivity index (χ2n) is 5.90. The second kappa shape index (κ2) is 7.32. The van der Waals surface area contributed by atoms with Crippen LogP contribution in [0.3, 0.4) is 0 Å². The van der Waals surface area contributed by atoms with Crippen LogP contribution in [-0.4, -0.2) is 21.1 Å². The van der Waals surface area contributed by atoms with E-state index in [1.807, 2.05) is 41.1 Å². The number of hydrogen-bond acceptors (Lipinski definition) is 2. The number of rotatable bonds is 7. The molecule has 24 heavy (non-hydrogen) atoms. The molecule has 4 nitrogen and oxygen atoms in total. The van der Waals surface area contributed by atoms with E-state index in [1.54, 1.807) is 10.8 Å². The van der Waals surface area contributed by atoms with Gasteiger partial charge in [0.15, 0.2) is 0 Å². The van der Waals surface area contributed by atoms with E-state index in [1.165, 1.54) is 0 Å². The number of aliphatic hydroxyl groups is 1. The van der Waals surface area contributed by atoms with Crippen molar-refractivity contribution in [2.24, 2.45) is 0 Å². The van der Waals surface area contributed by atoms with Crippen LogP contribution in [0.2, 0.25) is 0 Å². The van der Waals surface area contributed by atoms with Gasteiger partial charge in [0.1, 0.15) is 0 Å². The molecule has 0 bridgehead atoms. The summed E-state index contributed by atoms with van der Waals surface area (Å²) in [5.74, 6) is 0. The van der Waals surface area contributed by atoms with Crippen molar-refractivity contribution in [2.75, 3.05) is 6.61 Å². The van der Waals surface area contributed by atoms with Gasteiger partial charge < -0.3 is 5.11 Å². The minimum atomic E-state index is 0.00618. The molecule has 0 atom stereocenters. The number of aryl methyl sites for hydroxylation is 1. The Morgan fingerprint density at radius 2 is 1.83 bits per heavy atom. The number of aromatic nitrogens is 2. The van der Waals surface area contributed by atoms with Gasteiger partial charge in [0, 0.05) is 6.61 Å². The smallest absolute Gasteiger partial charge is 0.274 e. The molecule has 124 valence electrons. The first-order valence-corrected chi connectivity index (χ1v) is 8.22. The van der Waals surface area contributed by atoms with E-state index < -0.39 is 0 Å². The fraction of sp³-hybridized carbons (Fsp3) is 0.250. The normalized spacial score (nSPS) is 11.0. The first-order chi connectivity index (χ1) is 11.7. The number of aliphatic hydroxyl groups excluding tert-OH is 1. The van der Waals surface area contributed by atoms with Gasteiger partial charge in [-0.3, -0.25) is 9.48 Å². The van der Waals surface area contributed by atoms with Gasteiger partial charge in [-0.25, -0.2) is 4.68 Å². The molecule has 1 N–H and O–H groups in total. The molecule has 0 saturated heterocycles. The number of benzene rings is 2. The van der Waals surface area contributed by atoms with Crippen LogP contribution in [0.4, 0.5) is 0 Å². The van der Waals surface area contributed by atoms with E-state index in [0.29, 0.717) is 19.5 Å². The van der Waals surface area contributed by atoms with E-state index >= 15 is 0 Å². The van der Waals surface area contributed by atoms with Gasteiger partial charge in [0.2, 0.25) is 0 Å². The van der Waals surface area contributed by atoms with Crippen molar-refractivity contribution in [2.45, 2.75) is 25.9 Å². The number of allylic oxidation sites excluding steroid dienone is 1. The van der Waals surface area contributed by atoms with Crippen molar-refractivity contribution in [1.29, 1.82) is 0 Å². The van der Waals surface area contributed by atoms with Crippen LogP contribution in [0.25, 0.3) is 10.9 Å². The van der Waals surface area contributed by atoms with Crippen LogP contribution in [0, 0.1) is 0 Å². The molecule has 0 saturated carbocycles. The molecular formula is C20H22N2O2. The third-order valence-corrected chi connectivity index (χ3v) is 4.20. The summed E-state index contributed by atoms with van der Waals surface area (Å²) in [7, 11) is 0. The van der Waals surface area contributed by atoms with E-state index in [9.17, 15) is 4.79 Å². The van der Waals surface area contributed by atoms with Crippen LogP contribution in [0.5, 0.6) is 0 Å². The first-order valence-electron chi connectivity index (χ1n) is 8.22. The van der Waals surface area contributed by atoms with Crippen LogP contribution in [-0.2, 0) is 19.5 Å². The minimum Gasteiger partial charge on any atom is -0.396 e. The largest absolute Gasteiger partial charge is 0.396 e. The maximum atomic E-state index is 12.8. The lowest BCUT2D eigenvalue weighted by Crippen LogP contribution is -2.22. The highest BCUT2D eigenvalue weighted by atomic mass is 16.2. The van der Waals surface area contributed by atoms with Crippen molar-refractivity contribution in [3.63, 3.8) is 0 Å². The molecular weight excluding hydrogens is 300 g/mol.